The molecule has 0 saturated heterocycles. The summed E-state index contributed by atoms with van der Waals surface area (Å²) in [5.41, 5.74) is 1.42. The van der Waals surface area contributed by atoms with Crippen molar-refractivity contribution in [3.05, 3.63) is 58.1 Å². The third-order valence-corrected chi connectivity index (χ3v) is 5.06. The molecule has 2 aromatic rings. The molecule has 0 atom stereocenters. The Kier molecular flexibility index (Phi) is 6.23. The fraction of sp³-hybridized carbons (Fsp3) is 0.188. The van der Waals surface area contributed by atoms with Gasteiger partial charge in [0.2, 0.25) is 15.9 Å². The maximum Gasteiger partial charge on any atom is 0.241 e. The molecule has 0 aromatic heterocycles. The number of hydrogen-bond acceptors (Lipinski definition) is 3. The lowest BCUT2D eigenvalue weighted by atomic mass is 10.2. The second-order valence-corrected chi connectivity index (χ2v) is 7.67. The number of aryl methyl sites for hydroxylation is 1. The standard InChI is InChI=1S/C16H16Cl2N2O3S/c1-2-11-3-5-15(6-4-11)24(22,23)19-10-16(21)20-14-8-12(17)7-13(18)9-14/h3-9,19H,2,10H2,1H3,(H,20,21). The summed E-state index contributed by atoms with van der Waals surface area (Å²) in [5.74, 6) is -0.526. The van der Waals surface area contributed by atoms with Crippen molar-refractivity contribution < 1.29 is 13.2 Å². The van der Waals surface area contributed by atoms with Gasteiger partial charge in [0.25, 0.3) is 0 Å². The fourth-order valence-corrected chi connectivity index (χ4v) is 3.49. The van der Waals surface area contributed by atoms with Gasteiger partial charge in [0.05, 0.1) is 11.4 Å². The second kappa shape index (κ2) is 7.98. The summed E-state index contributed by atoms with van der Waals surface area (Å²) in [4.78, 5) is 12.0. The van der Waals surface area contributed by atoms with Crippen LogP contribution in [-0.2, 0) is 21.2 Å². The molecule has 24 heavy (non-hydrogen) atoms. The van der Waals surface area contributed by atoms with Gasteiger partial charge in [-0.15, -0.1) is 0 Å². The highest BCUT2D eigenvalue weighted by Gasteiger charge is 2.15. The first kappa shape index (κ1) is 18.7. The predicted molar refractivity (Wildman–Crippen MR) is 96.1 cm³/mol. The number of carbonyl (C=O) groups excluding carboxylic acids is 1. The normalized spacial score (nSPS) is 11.3. The van der Waals surface area contributed by atoms with Gasteiger partial charge in [-0.25, -0.2) is 13.1 Å². The van der Waals surface area contributed by atoms with Crippen LogP contribution in [0.1, 0.15) is 12.5 Å². The Bertz CT molecular complexity index is 817. The molecule has 2 aromatic carbocycles. The number of rotatable bonds is 6. The average Bonchev–Trinajstić information content (AvgIpc) is 2.52. The van der Waals surface area contributed by atoms with E-state index in [2.05, 4.69) is 10.0 Å². The van der Waals surface area contributed by atoms with Crippen LogP contribution in [0, 0.1) is 0 Å². The Morgan fingerprint density at radius 2 is 1.62 bits per heavy atom. The van der Waals surface area contributed by atoms with E-state index in [1.807, 2.05) is 6.92 Å². The Hall–Kier alpha value is -1.60. The Balaban J connectivity index is 1.99. The van der Waals surface area contributed by atoms with Crippen molar-refractivity contribution in [3.8, 4) is 0 Å². The number of benzene rings is 2. The fourth-order valence-electron chi connectivity index (χ4n) is 1.98. The van der Waals surface area contributed by atoms with Crippen LogP contribution in [0.3, 0.4) is 0 Å². The molecule has 0 fully saturated rings. The second-order valence-electron chi connectivity index (χ2n) is 5.03. The Morgan fingerprint density at radius 3 is 2.17 bits per heavy atom. The number of nitrogens with one attached hydrogen (secondary N) is 2. The van der Waals surface area contributed by atoms with Crippen molar-refractivity contribution in [2.24, 2.45) is 0 Å². The quantitative estimate of drug-likeness (QED) is 0.797. The van der Waals surface area contributed by atoms with Crippen molar-refractivity contribution in [1.29, 1.82) is 0 Å². The molecule has 0 radical (unpaired) electrons. The Labute approximate surface area is 151 Å². The van der Waals surface area contributed by atoms with Crippen LogP contribution in [0.15, 0.2) is 47.4 Å². The number of amides is 1. The lowest BCUT2D eigenvalue weighted by molar-refractivity contribution is -0.115. The summed E-state index contributed by atoms with van der Waals surface area (Å²) in [6.45, 7) is 1.58. The summed E-state index contributed by atoms with van der Waals surface area (Å²) in [6, 6.07) is 11.1. The molecule has 0 unspecified atom stereocenters. The van der Waals surface area contributed by atoms with E-state index in [4.69, 9.17) is 23.2 Å². The first-order valence-electron chi connectivity index (χ1n) is 7.14. The molecular weight excluding hydrogens is 371 g/mol. The van der Waals surface area contributed by atoms with Crippen LogP contribution in [0.2, 0.25) is 10.0 Å². The van der Waals surface area contributed by atoms with Crippen LogP contribution in [0.4, 0.5) is 5.69 Å². The van der Waals surface area contributed by atoms with E-state index in [1.54, 1.807) is 12.1 Å². The van der Waals surface area contributed by atoms with Gasteiger partial charge in [-0.2, -0.15) is 0 Å². The molecule has 5 nitrogen and oxygen atoms in total. The lowest BCUT2D eigenvalue weighted by Crippen LogP contribution is -2.32. The molecule has 0 aliphatic carbocycles. The Morgan fingerprint density at radius 1 is 1.04 bits per heavy atom. The van der Waals surface area contributed by atoms with E-state index in [-0.39, 0.29) is 4.90 Å². The first-order valence-corrected chi connectivity index (χ1v) is 9.38. The molecule has 2 rings (SSSR count). The van der Waals surface area contributed by atoms with Crippen molar-refractivity contribution >= 4 is 44.8 Å². The zero-order valence-electron chi connectivity index (χ0n) is 12.8. The maximum absolute atomic E-state index is 12.2. The summed E-state index contributed by atoms with van der Waals surface area (Å²) in [5, 5.41) is 3.27. The minimum Gasteiger partial charge on any atom is -0.325 e. The number of anilines is 1. The number of sulfonamides is 1. The zero-order valence-corrected chi connectivity index (χ0v) is 15.2. The van der Waals surface area contributed by atoms with Crippen LogP contribution in [0.25, 0.3) is 0 Å². The van der Waals surface area contributed by atoms with Gasteiger partial charge in [-0.1, -0.05) is 42.3 Å². The van der Waals surface area contributed by atoms with E-state index >= 15 is 0 Å². The molecule has 0 heterocycles. The third kappa shape index (κ3) is 5.21. The van der Waals surface area contributed by atoms with E-state index in [9.17, 15) is 13.2 Å². The minimum absolute atomic E-state index is 0.110. The highest BCUT2D eigenvalue weighted by Crippen LogP contribution is 2.22. The SMILES string of the molecule is CCc1ccc(S(=O)(=O)NCC(=O)Nc2cc(Cl)cc(Cl)c2)cc1. The summed E-state index contributed by atoms with van der Waals surface area (Å²) >= 11 is 11.7. The average molecular weight is 387 g/mol. The minimum atomic E-state index is -3.75. The van der Waals surface area contributed by atoms with E-state index in [0.717, 1.165) is 12.0 Å². The molecule has 0 bridgehead atoms. The van der Waals surface area contributed by atoms with Crippen LogP contribution >= 0.6 is 23.2 Å². The molecule has 0 saturated carbocycles. The van der Waals surface area contributed by atoms with Gasteiger partial charge in [0, 0.05) is 15.7 Å². The summed E-state index contributed by atoms with van der Waals surface area (Å²) in [7, 11) is -3.75. The summed E-state index contributed by atoms with van der Waals surface area (Å²) in [6.07, 6.45) is 0.818. The van der Waals surface area contributed by atoms with Gasteiger partial charge in [0.15, 0.2) is 0 Å². The number of hydrogen-bond donors (Lipinski definition) is 2. The van der Waals surface area contributed by atoms with Crippen LogP contribution in [-0.4, -0.2) is 20.9 Å². The summed E-state index contributed by atoms with van der Waals surface area (Å²) < 4.78 is 26.6. The third-order valence-electron chi connectivity index (χ3n) is 3.21. The maximum atomic E-state index is 12.2. The van der Waals surface area contributed by atoms with Crippen molar-refractivity contribution in [2.75, 3.05) is 11.9 Å². The van der Waals surface area contributed by atoms with E-state index in [1.165, 1.54) is 30.3 Å². The molecular formula is C16H16Cl2N2O3S. The van der Waals surface area contributed by atoms with Crippen LogP contribution < -0.4 is 10.0 Å². The van der Waals surface area contributed by atoms with Crippen molar-refractivity contribution in [3.63, 3.8) is 0 Å². The van der Waals surface area contributed by atoms with Crippen LogP contribution in [0.5, 0.6) is 0 Å². The topological polar surface area (TPSA) is 75.3 Å². The molecule has 8 heteroatoms. The monoisotopic (exact) mass is 386 g/mol. The molecule has 0 spiro atoms. The predicted octanol–water partition coefficient (Wildman–Crippen LogP) is 3.47. The van der Waals surface area contributed by atoms with E-state index in [0.29, 0.717) is 15.7 Å². The lowest BCUT2D eigenvalue weighted by Gasteiger charge is -2.09. The molecule has 128 valence electrons. The van der Waals surface area contributed by atoms with Gasteiger partial charge < -0.3 is 5.32 Å². The number of halogens is 2. The highest BCUT2D eigenvalue weighted by atomic mass is 35.5. The number of carbonyl (C=O) groups is 1. The molecule has 2 N–H and O–H groups in total. The van der Waals surface area contributed by atoms with Gasteiger partial charge in [-0.05, 0) is 42.3 Å². The molecule has 0 aliphatic heterocycles. The largest absolute Gasteiger partial charge is 0.325 e. The van der Waals surface area contributed by atoms with E-state index < -0.39 is 22.5 Å². The van der Waals surface area contributed by atoms with Gasteiger partial charge in [-0.3, -0.25) is 4.79 Å². The smallest absolute Gasteiger partial charge is 0.241 e. The first-order chi connectivity index (χ1) is 11.3. The zero-order chi connectivity index (χ0) is 17.7. The van der Waals surface area contributed by atoms with Crippen molar-refractivity contribution in [2.45, 2.75) is 18.2 Å². The highest BCUT2D eigenvalue weighted by molar-refractivity contribution is 7.89. The van der Waals surface area contributed by atoms with Crippen molar-refractivity contribution in [1.82, 2.24) is 4.72 Å². The molecule has 0 aliphatic rings. The molecule has 1 amide bonds. The van der Waals surface area contributed by atoms with Gasteiger partial charge in [0.1, 0.15) is 0 Å². The van der Waals surface area contributed by atoms with Gasteiger partial charge >= 0.3 is 0 Å².